The summed E-state index contributed by atoms with van der Waals surface area (Å²) in [7, 11) is 2.21. The topological polar surface area (TPSA) is 15.3 Å². The summed E-state index contributed by atoms with van der Waals surface area (Å²) in [5.41, 5.74) is 2.36. The van der Waals surface area contributed by atoms with Gasteiger partial charge in [-0.3, -0.25) is 4.90 Å². The summed E-state index contributed by atoms with van der Waals surface area (Å²) in [6.45, 7) is 8.57. The van der Waals surface area contributed by atoms with Crippen LogP contribution in [0, 0.1) is 18.7 Å². The lowest BCUT2D eigenvalue weighted by molar-refractivity contribution is 0.186. The van der Waals surface area contributed by atoms with Crippen molar-refractivity contribution >= 4 is 0 Å². The van der Waals surface area contributed by atoms with Gasteiger partial charge in [0.25, 0.3) is 0 Å². The first-order chi connectivity index (χ1) is 9.99. The molecule has 2 unspecified atom stereocenters. The highest BCUT2D eigenvalue weighted by atomic mass is 19.1. The van der Waals surface area contributed by atoms with Crippen molar-refractivity contribution in [1.82, 2.24) is 10.2 Å². The van der Waals surface area contributed by atoms with Crippen LogP contribution < -0.4 is 5.32 Å². The molecule has 0 spiro atoms. The number of hydrogen-bond donors (Lipinski definition) is 1. The van der Waals surface area contributed by atoms with E-state index in [0.29, 0.717) is 18.0 Å². The molecular weight excluding hydrogens is 263 g/mol. The van der Waals surface area contributed by atoms with Crippen molar-refractivity contribution in [1.29, 1.82) is 0 Å². The fourth-order valence-corrected chi connectivity index (χ4v) is 3.49. The summed E-state index contributed by atoms with van der Waals surface area (Å²) in [6.07, 6.45) is 3.78. The van der Waals surface area contributed by atoms with Crippen LogP contribution in [-0.4, -0.2) is 31.1 Å². The van der Waals surface area contributed by atoms with Crippen LogP contribution in [0.25, 0.3) is 0 Å². The van der Waals surface area contributed by atoms with E-state index in [1.807, 2.05) is 13.0 Å². The highest BCUT2D eigenvalue weighted by Gasteiger charge is 2.29. The number of rotatable bonds is 4. The van der Waals surface area contributed by atoms with Gasteiger partial charge in [0.1, 0.15) is 5.82 Å². The molecule has 2 atom stereocenters. The summed E-state index contributed by atoms with van der Waals surface area (Å²) in [4.78, 5) is 2.46. The molecule has 0 saturated carbocycles. The molecule has 1 aliphatic heterocycles. The SMILES string of the molecule is Cc1cc(F)ccc1C1C(CNC(C)C)CCCCN1C. The Kier molecular flexibility index (Phi) is 5.77. The Hall–Kier alpha value is -0.930. The van der Waals surface area contributed by atoms with Crippen LogP contribution in [-0.2, 0) is 0 Å². The van der Waals surface area contributed by atoms with Gasteiger partial charge in [-0.25, -0.2) is 4.39 Å². The molecule has 3 heteroatoms. The monoisotopic (exact) mass is 292 g/mol. The first-order valence-electron chi connectivity index (χ1n) is 8.18. The number of nitrogens with one attached hydrogen (secondary N) is 1. The number of halogens is 1. The van der Waals surface area contributed by atoms with Gasteiger partial charge >= 0.3 is 0 Å². The Morgan fingerprint density at radius 1 is 1.33 bits per heavy atom. The standard InChI is InChI=1S/C18H29FN2/c1-13(2)20-12-15-7-5-6-10-21(4)18(15)17-9-8-16(19)11-14(17)3/h8-9,11,13,15,18,20H,5-7,10,12H2,1-4H3. The van der Waals surface area contributed by atoms with Crippen molar-refractivity contribution in [2.24, 2.45) is 5.92 Å². The maximum absolute atomic E-state index is 13.4. The largest absolute Gasteiger partial charge is 0.314 e. The number of nitrogens with zero attached hydrogens (tertiary/aromatic N) is 1. The zero-order valence-corrected chi connectivity index (χ0v) is 13.8. The fraction of sp³-hybridized carbons (Fsp3) is 0.667. The Morgan fingerprint density at radius 2 is 2.10 bits per heavy atom. The van der Waals surface area contributed by atoms with E-state index in [4.69, 9.17) is 0 Å². The van der Waals surface area contributed by atoms with Crippen LogP contribution in [0.3, 0.4) is 0 Å². The Labute approximate surface area is 128 Å². The first kappa shape index (κ1) is 16.4. The molecule has 0 amide bonds. The highest BCUT2D eigenvalue weighted by molar-refractivity contribution is 5.30. The maximum atomic E-state index is 13.4. The molecule has 0 aromatic heterocycles. The number of aryl methyl sites for hydroxylation is 1. The summed E-state index contributed by atoms with van der Waals surface area (Å²) >= 11 is 0. The Bertz CT molecular complexity index is 459. The van der Waals surface area contributed by atoms with Gasteiger partial charge in [0, 0.05) is 18.6 Å². The van der Waals surface area contributed by atoms with E-state index in [-0.39, 0.29) is 5.82 Å². The van der Waals surface area contributed by atoms with Gasteiger partial charge in [-0.2, -0.15) is 0 Å². The predicted octanol–water partition coefficient (Wildman–Crippen LogP) is 3.91. The molecule has 1 saturated heterocycles. The molecule has 21 heavy (non-hydrogen) atoms. The lowest BCUT2D eigenvalue weighted by Crippen LogP contribution is -2.37. The molecule has 0 bridgehead atoms. The van der Waals surface area contributed by atoms with Crippen LogP contribution in [0.2, 0.25) is 0 Å². The molecule has 2 nitrogen and oxygen atoms in total. The fourth-order valence-electron chi connectivity index (χ4n) is 3.49. The summed E-state index contributed by atoms with van der Waals surface area (Å²) in [6, 6.07) is 6.15. The number of benzene rings is 1. The van der Waals surface area contributed by atoms with E-state index in [0.717, 1.165) is 18.7 Å². The molecule has 0 radical (unpaired) electrons. The van der Waals surface area contributed by atoms with Crippen LogP contribution in [0.4, 0.5) is 4.39 Å². The molecule has 1 N–H and O–H groups in total. The zero-order valence-electron chi connectivity index (χ0n) is 13.8. The molecule has 0 aliphatic carbocycles. The Balaban J connectivity index is 2.27. The van der Waals surface area contributed by atoms with Crippen LogP contribution in [0.1, 0.15) is 50.3 Å². The second-order valence-electron chi connectivity index (χ2n) is 6.75. The first-order valence-corrected chi connectivity index (χ1v) is 8.18. The summed E-state index contributed by atoms with van der Waals surface area (Å²) < 4.78 is 13.4. The summed E-state index contributed by atoms with van der Waals surface area (Å²) in [5.74, 6) is 0.452. The third-order valence-corrected chi connectivity index (χ3v) is 4.60. The quantitative estimate of drug-likeness (QED) is 0.905. The van der Waals surface area contributed by atoms with E-state index in [9.17, 15) is 4.39 Å². The summed E-state index contributed by atoms with van der Waals surface area (Å²) in [5, 5.41) is 3.59. The second kappa shape index (κ2) is 7.37. The van der Waals surface area contributed by atoms with E-state index < -0.39 is 0 Å². The van der Waals surface area contributed by atoms with Crippen molar-refractivity contribution < 1.29 is 4.39 Å². The molecule has 1 fully saturated rings. The van der Waals surface area contributed by atoms with Crippen molar-refractivity contribution in [3.63, 3.8) is 0 Å². The van der Waals surface area contributed by atoms with Gasteiger partial charge in [0.2, 0.25) is 0 Å². The van der Waals surface area contributed by atoms with Crippen LogP contribution in [0.15, 0.2) is 18.2 Å². The number of likely N-dealkylation sites (tertiary alicyclic amines) is 1. The maximum Gasteiger partial charge on any atom is 0.123 e. The van der Waals surface area contributed by atoms with Gasteiger partial charge < -0.3 is 5.32 Å². The van der Waals surface area contributed by atoms with Crippen LogP contribution in [0.5, 0.6) is 0 Å². The van der Waals surface area contributed by atoms with Gasteiger partial charge in [-0.15, -0.1) is 0 Å². The van der Waals surface area contributed by atoms with Crippen molar-refractivity contribution in [2.45, 2.75) is 52.1 Å². The molecule has 1 aliphatic rings. The van der Waals surface area contributed by atoms with Crippen LogP contribution >= 0.6 is 0 Å². The average molecular weight is 292 g/mol. The molecule has 1 heterocycles. The second-order valence-corrected chi connectivity index (χ2v) is 6.75. The Morgan fingerprint density at radius 3 is 2.76 bits per heavy atom. The van der Waals surface area contributed by atoms with E-state index >= 15 is 0 Å². The van der Waals surface area contributed by atoms with E-state index in [2.05, 4.69) is 31.1 Å². The molecule has 118 valence electrons. The number of hydrogen-bond acceptors (Lipinski definition) is 2. The van der Waals surface area contributed by atoms with Crippen molar-refractivity contribution in [3.8, 4) is 0 Å². The van der Waals surface area contributed by atoms with Gasteiger partial charge in [-0.1, -0.05) is 26.3 Å². The molecule has 1 aromatic carbocycles. The highest BCUT2D eigenvalue weighted by Crippen LogP contribution is 2.35. The third kappa shape index (κ3) is 4.27. The van der Waals surface area contributed by atoms with Crippen molar-refractivity contribution in [3.05, 3.63) is 35.1 Å². The van der Waals surface area contributed by atoms with Crippen molar-refractivity contribution in [2.75, 3.05) is 20.1 Å². The lowest BCUT2D eigenvalue weighted by atomic mass is 9.87. The van der Waals surface area contributed by atoms with Gasteiger partial charge in [-0.05, 0) is 62.5 Å². The average Bonchev–Trinajstić information content (AvgIpc) is 2.59. The molecule has 1 aromatic rings. The lowest BCUT2D eigenvalue weighted by Gasteiger charge is -2.34. The normalized spacial score (nSPS) is 24.3. The smallest absolute Gasteiger partial charge is 0.123 e. The minimum absolute atomic E-state index is 0.135. The van der Waals surface area contributed by atoms with Gasteiger partial charge in [0.15, 0.2) is 0 Å². The molecular formula is C18H29FN2. The third-order valence-electron chi connectivity index (χ3n) is 4.60. The minimum atomic E-state index is -0.135. The molecule has 2 rings (SSSR count). The van der Waals surface area contributed by atoms with E-state index in [1.54, 1.807) is 12.1 Å². The zero-order chi connectivity index (χ0) is 15.4. The predicted molar refractivity (Wildman–Crippen MR) is 87.0 cm³/mol. The van der Waals surface area contributed by atoms with Gasteiger partial charge in [0.05, 0.1) is 0 Å². The van der Waals surface area contributed by atoms with E-state index in [1.165, 1.54) is 24.8 Å². The minimum Gasteiger partial charge on any atom is -0.314 e.